The first-order valence-electron chi connectivity index (χ1n) is 5.27. The molecule has 1 aliphatic heterocycles. The van der Waals surface area contributed by atoms with Crippen LogP contribution in [-0.4, -0.2) is 23.1 Å². The predicted octanol–water partition coefficient (Wildman–Crippen LogP) is 2.72. The molecule has 0 bridgehead atoms. The molecule has 0 atom stereocenters. The number of benzene rings is 1. The molecule has 0 radical (unpaired) electrons. The molecule has 15 heavy (non-hydrogen) atoms. The van der Waals surface area contributed by atoms with E-state index in [4.69, 9.17) is 0 Å². The minimum atomic E-state index is 1.09. The van der Waals surface area contributed by atoms with Crippen molar-refractivity contribution >= 4 is 27.2 Å². The summed E-state index contributed by atoms with van der Waals surface area (Å²) in [4.78, 5) is 4.31. The van der Waals surface area contributed by atoms with E-state index in [9.17, 15) is 0 Å². The highest BCUT2D eigenvalue weighted by Gasteiger charge is 2.12. The fraction of sp³-hybridized carbons (Fsp3) is 0.364. The molecule has 3 rings (SSSR count). The predicted molar refractivity (Wildman–Crippen MR) is 64.0 cm³/mol. The van der Waals surface area contributed by atoms with Gasteiger partial charge in [0, 0.05) is 13.1 Å². The average molecular weight is 219 g/mol. The molecule has 0 unspecified atom stereocenters. The van der Waals surface area contributed by atoms with Crippen LogP contribution in [0.4, 0.5) is 5.69 Å². The van der Waals surface area contributed by atoms with E-state index in [1.54, 1.807) is 11.3 Å². The second-order valence-electron chi connectivity index (χ2n) is 3.81. The zero-order valence-electron chi connectivity index (χ0n) is 8.44. The summed E-state index contributed by atoms with van der Waals surface area (Å²) in [5.74, 6) is 0. The summed E-state index contributed by atoms with van der Waals surface area (Å²) in [5.41, 5.74) is 7.66. The number of rotatable bonds is 2. The average Bonchev–Trinajstić information content (AvgIpc) is 2.87. The standard InChI is InChI=1S/C11H13N3S/c1-2-7-14(6-1)13-10-5-3-4-9-11(10)15-8-12-9/h3-5,8,13H,1-2,6-7H2. The van der Waals surface area contributed by atoms with E-state index in [-0.39, 0.29) is 0 Å². The van der Waals surface area contributed by atoms with E-state index >= 15 is 0 Å². The Morgan fingerprint density at radius 2 is 2.13 bits per heavy atom. The molecule has 1 aromatic carbocycles. The molecule has 1 N–H and O–H groups in total. The number of anilines is 1. The number of nitrogens with zero attached hydrogens (tertiary/aromatic N) is 2. The first-order chi connectivity index (χ1) is 7.43. The second kappa shape index (κ2) is 3.79. The summed E-state index contributed by atoms with van der Waals surface area (Å²) >= 11 is 1.70. The Labute approximate surface area is 92.7 Å². The van der Waals surface area contributed by atoms with Gasteiger partial charge in [-0.2, -0.15) is 0 Å². The zero-order valence-corrected chi connectivity index (χ0v) is 9.26. The largest absolute Gasteiger partial charge is 0.317 e. The third-order valence-corrected chi connectivity index (χ3v) is 3.62. The van der Waals surface area contributed by atoms with Gasteiger partial charge in [0.2, 0.25) is 0 Å². The third kappa shape index (κ3) is 1.70. The lowest BCUT2D eigenvalue weighted by Crippen LogP contribution is -2.26. The van der Waals surface area contributed by atoms with Gasteiger partial charge in [-0.15, -0.1) is 11.3 Å². The van der Waals surface area contributed by atoms with Gasteiger partial charge < -0.3 is 5.43 Å². The number of hydrogen-bond acceptors (Lipinski definition) is 4. The van der Waals surface area contributed by atoms with Gasteiger partial charge in [-0.3, -0.25) is 0 Å². The van der Waals surface area contributed by atoms with Gasteiger partial charge >= 0.3 is 0 Å². The Bertz CT molecular complexity index is 460. The first-order valence-corrected chi connectivity index (χ1v) is 6.15. The fourth-order valence-corrected chi connectivity index (χ4v) is 2.73. The Morgan fingerprint density at radius 3 is 3.00 bits per heavy atom. The minimum Gasteiger partial charge on any atom is -0.317 e. The molecule has 3 nitrogen and oxygen atoms in total. The van der Waals surface area contributed by atoms with Crippen LogP contribution in [-0.2, 0) is 0 Å². The van der Waals surface area contributed by atoms with Crippen LogP contribution in [0.5, 0.6) is 0 Å². The highest BCUT2D eigenvalue weighted by Crippen LogP contribution is 2.27. The molecule has 4 heteroatoms. The molecular weight excluding hydrogens is 206 g/mol. The number of aromatic nitrogens is 1. The Hall–Kier alpha value is -1.13. The van der Waals surface area contributed by atoms with Crippen LogP contribution in [0.1, 0.15) is 12.8 Å². The number of fused-ring (bicyclic) bond motifs is 1. The van der Waals surface area contributed by atoms with E-state index in [1.165, 1.54) is 23.2 Å². The van der Waals surface area contributed by atoms with E-state index in [0.717, 1.165) is 18.6 Å². The molecule has 0 spiro atoms. The topological polar surface area (TPSA) is 28.2 Å². The van der Waals surface area contributed by atoms with Crippen LogP contribution < -0.4 is 5.43 Å². The molecule has 1 saturated heterocycles. The fourth-order valence-electron chi connectivity index (χ4n) is 1.97. The summed E-state index contributed by atoms with van der Waals surface area (Å²) in [5, 5.41) is 2.29. The Kier molecular flexibility index (Phi) is 2.31. The molecule has 1 aliphatic rings. The van der Waals surface area contributed by atoms with Crippen molar-refractivity contribution in [2.24, 2.45) is 0 Å². The van der Waals surface area contributed by atoms with Gasteiger partial charge in [0.1, 0.15) is 0 Å². The normalized spacial score (nSPS) is 17.3. The molecule has 2 heterocycles. The smallest absolute Gasteiger partial charge is 0.0833 e. The first kappa shape index (κ1) is 9.12. The Balaban J connectivity index is 1.92. The van der Waals surface area contributed by atoms with Gasteiger partial charge in [0.05, 0.1) is 21.4 Å². The number of hydrogen-bond donors (Lipinski definition) is 1. The molecule has 1 fully saturated rings. The highest BCUT2D eigenvalue weighted by atomic mass is 32.1. The summed E-state index contributed by atoms with van der Waals surface area (Å²) < 4.78 is 1.25. The molecule has 0 aliphatic carbocycles. The number of nitrogens with one attached hydrogen (secondary N) is 1. The number of hydrazine groups is 1. The summed E-state index contributed by atoms with van der Waals surface area (Å²) in [6, 6.07) is 6.24. The lowest BCUT2D eigenvalue weighted by molar-refractivity contribution is 0.411. The minimum absolute atomic E-state index is 1.09. The molecular formula is C11H13N3S. The summed E-state index contributed by atoms with van der Waals surface area (Å²) in [6.45, 7) is 2.30. The van der Waals surface area contributed by atoms with Gasteiger partial charge in [-0.05, 0) is 25.0 Å². The molecule has 1 aromatic heterocycles. The molecule has 0 amide bonds. The molecule has 2 aromatic rings. The third-order valence-electron chi connectivity index (χ3n) is 2.74. The van der Waals surface area contributed by atoms with E-state index in [2.05, 4.69) is 33.6 Å². The zero-order chi connectivity index (χ0) is 10.1. The molecule has 78 valence electrons. The van der Waals surface area contributed by atoms with E-state index in [1.807, 2.05) is 5.51 Å². The van der Waals surface area contributed by atoms with Crippen molar-refractivity contribution in [2.45, 2.75) is 12.8 Å². The SMILES string of the molecule is c1cc(NN2CCCC2)c2scnc2c1. The highest BCUT2D eigenvalue weighted by molar-refractivity contribution is 7.17. The number of thiazole rings is 1. The van der Waals surface area contributed by atoms with Crippen molar-refractivity contribution in [3.63, 3.8) is 0 Å². The van der Waals surface area contributed by atoms with Crippen molar-refractivity contribution in [3.05, 3.63) is 23.7 Å². The quantitative estimate of drug-likeness (QED) is 0.841. The van der Waals surface area contributed by atoms with E-state index in [0.29, 0.717) is 0 Å². The van der Waals surface area contributed by atoms with Gasteiger partial charge in [-0.25, -0.2) is 9.99 Å². The van der Waals surface area contributed by atoms with Crippen LogP contribution in [0, 0.1) is 0 Å². The van der Waals surface area contributed by atoms with Crippen molar-refractivity contribution in [3.8, 4) is 0 Å². The van der Waals surface area contributed by atoms with Gasteiger partial charge in [0.15, 0.2) is 0 Å². The van der Waals surface area contributed by atoms with Gasteiger partial charge in [0.25, 0.3) is 0 Å². The summed E-state index contributed by atoms with van der Waals surface area (Å²) in [6.07, 6.45) is 2.59. The van der Waals surface area contributed by atoms with Crippen molar-refractivity contribution in [1.82, 2.24) is 9.99 Å². The summed E-state index contributed by atoms with van der Waals surface area (Å²) in [7, 11) is 0. The van der Waals surface area contributed by atoms with Gasteiger partial charge in [-0.1, -0.05) is 6.07 Å². The lowest BCUT2D eigenvalue weighted by Gasteiger charge is -2.17. The van der Waals surface area contributed by atoms with Crippen molar-refractivity contribution < 1.29 is 0 Å². The van der Waals surface area contributed by atoms with Crippen molar-refractivity contribution in [1.29, 1.82) is 0 Å². The maximum Gasteiger partial charge on any atom is 0.0833 e. The molecule has 0 saturated carbocycles. The van der Waals surface area contributed by atoms with Crippen LogP contribution in [0.25, 0.3) is 10.2 Å². The Morgan fingerprint density at radius 1 is 1.27 bits per heavy atom. The van der Waals surface area contributed by atoms with Crippen LogP contribution in [0.3, 0.4) is 0 Å². The lowest BCUT2D eigenvalue weighted by atomic mass is 10.3. The van der Waals surface area contributed by atoms with Crippen LogP contribution >= 0.6 is 11.3 Å². The van der Waals surface area contributed by atoms with E-state index < -0.39 is 0 Å². The maximum atomic E-state index is 4.31. The van der Waals surface area contributed by atoms with Crippen molar-refractivity contribution in [2.75, 3.05) is 18.5 Å². The second-order valence-corrected chi connectivity index (χ2v) is 4.67. The maximum absolute atomic E-state index is 4.31. The monoisotopic (exact) mass is 219 g/mol. The van der Waals surface area contributed by atoms with Crippen LogP contribution in [0.15, 0.2) is 23.7 Å². The van der Waals surface area contributed by atoms with Crippen LogP contribution in [0.2, 0.25) is 0 Å².